The topological polar surface area (TPSA) is 26.3 Å². The first-order chi connectivity index (χ1) is 10.3. The highest BCUT2D eigenvalue weighted by Crippen LogP contribution is 2.08. The number of ketones is 1. The lowest BCUT2D eigenvalue weighted by Crippen LogP contribution is -2.10. The molecule has 2 heteroatoms. The van der Waals surface area contributed by atoms with Gasteiger partial charge in [-0.3, -0.25) is 4.79 Å². The van der Waals surface area contributed by atoms with Crippen LogP contribution in [0.5, 0.6) is 0 Å². The van der Waals surface area contributed by atoms with Gasteiger partial charge >= 0.3 is 0 Å². The normalized spacial score (nSPS) is 10.8. The number of carbonyl (C=O) groups is 1. The van der Waals surface area contributed by atoms with Crippen LogP contribution in [-0.4, -0.2) is 19.0 Å². The van der Waals surface area contributed by atoms with Crippen LogP contribution in [0.15, 0.2) is 24.3 Å². The van der Waals surface area contributed by atoms with Crippen molar-refractivity contribution < 1.29 is 9.53 Å². The molecule has 0 bridgehead atoms. The van der Waals surface area contributed by atoms with Gasteiger partial charge < -0.3 is 4.74 Å². The second-order valence-corrected chi connectivity index (χ2v) is 5.69. The monoisotopic (exact) mass is 290 g/mol. The Morgan fingerprint density at radius 2 is 1.57 bits per heavy atom. The first-order valence-electron chi connectivity index (χ1n) is 8.47. The Bertz CT molecular complexity index is 381. The third-order valence-electron chi connectivity index (χ3n) is 3.69. The van der Waals surface area contributed by atoms with Gasteiger partial charge in [0.15, 0.2) is 5.78 Å². The van der Waals surface area contributed by atoms with E-state index in [1.165, 1.54) is 37.7 Å². The van der Waals surface area contributed by atoms with Crippen molar-refractivity contribution in [3.63, 3.8) is 0 Å². The number of aryl methyl sites for hydroxylation is 1. The van der Waals surface area contributed by atoms with Crippen LogP contribution in [0.3, 0.4) is 0 Å². The Morgan fingerprint density at radius 1 is 0.905 bits per heavy atom. The maximum atomic E-state index is 12.0. The molecule has 0 saturated carbocycles. The van der Waals surface area contributed by atoms with E-state index in [1.54, 1.807) is 0 Å². The largest absolute Gasteiger partial charge is 0.373 e. The summed E-state index contributed by atoms with van der Waals surface area (Å²) in [5.74, 6) is 0.0871. The van der Waals surface area contributed by atoms with Gasteiger partial charge in [0.05, 0.1) is 0 Å². The average Bonchev–Trinajstić information content (AvgIpc) is 2.51. The highest BCUT2D eigenvalue weighted by Gasteiger charge is 2.05. The van der Waals surface area contributed by atoms with Gasteiger partial charge in [0.25, 0.3) is 0 Å². The van der Waals surface area contributed by atoms with Crippen LogP contribution < -0.4 is 0 Å². The molecule has 0 aromatic heterocycles. The van der Waals surface area contributed by atoms with E-state index >= 15 is 0 Å². The zero-order valence-electron chi connectivity index (χ0n) is 13.7. The molecule has 2 nitrogen and oxygen atoms in total. The summed E-state index contributed by atoms with van der Waals surface area (Å²) >= 11 is 0. The van der Waals surface area contributed by atoms with E-state index in [0.717, 1.165) is 24.8 Å². The summed E-state index contributed by atoms with van der Waals surface area (Å²) in [6.45, 7) is 5.30. The zero-order chi connectivity index (χ0) is 15.3. The second-order valence-electron chi connectivity index (χ2n) is 5.69. The zero-order valence-corrected chi connectivity index (χ0v) is 13.7. The van der Waals surface area contributed by atoms with Crippen molar-refractivity contribution in [1.82, 2.24) is 0 Å². The molecule has 0 spiro atoms. The lowest BCUT2D eigenvalue weighted by Gasteiger charge is -2.05. The quantitative estimate of drug-likeness (QED) is 0.391. The van der Waals surface area contributed by atoms with Crippen LogP contribution in [0.2, 0.25) is 0 Å². The highest BCUT2D eigenvalue weighted by atomic mass is 16.5. The van der Waals surface area contributed by atoms with E-state index in [9.17, 15) is 4.79 Å². The Morgan fingerprint density at radius 3 is 2.24 bits per heavy atom. The van der Waals surface area contributed by atoms with Crippen LogP contribution in [0, 0.1) is 0 Å². The molecule has 0 fully saturated rings. The van der Waals surface area contributed by atoms with Gasteiger partial charge in [0.2, 0.25) is 0 Å². The maximum absolute atomic E-state index is 12.0. The smallest absolute Gasteiger partial charge is 0.188 e. The van der Waals surface area contributed by atoms with E-state index in [1.807, 2.05) is 24.3 Å². The number of ether oxygens (including phenoxy) is 1. The summed E-state index contributed by atoms with van der Waals surface area (Å²) in [4.78, 5) is 12.0. The molecule has 0 saturated heterocycles. The number of unbranched alkanes of at least 4 members (excludes halogenated alkanes) is 5. The van der Waals surface area contributed by atoms with Crippen molar-refractivity contribution in [1.29, 1.82) is 0 Å². The lowest BCUT2D eigenvalue weighted by atomic mass is 10.1. The van der Waals surface area contributed by atoms with E-state index < -0.39 is 0 Å². The molecule has 0 aliphatic heterocycles. The molecule has 0 unspecified atom stereocenters. The summed E-state index contributed by atoms with van der Waals surface area (Å²) in [5, 5.41) is 0. The summed E-state index contributed by atoms with van der Waals surface area (Å²) in [5.41, 5.74) is 2.06. The number of Topliss-reactive ketones (excluding diaryl/α,β-unsaturated/α-hetero) is 1. The number of hydrogen-bond donors (Lipinski definition) is 0. The van der Waals surface area contributed by atoms with Crippen molar-refractivity contribution in [3.8, 4) is 0 Å². The third-order valence-corrected chi connectivity index (χ3v) is 3.69. The minimum absolute atomic E-state index is 0.0871. The molecule has 118 valence electrons. The predicted molar refractivity (Wildman–Crippen MR) is 89.0 cm³/mol. The second kappa shape index (κ2) is 11.5. The van der Waals surface area contributed by atoms with E-state index in [4.69, 9.17) is 4.74 Å². The SMILES string of the molecule is CCCCCCCCOCC(=O)c1ccc(CCC)cc1. The van der Waals surface area contributed by atoms with Crippen LogP contribution >= 0.6 is 0 Å². The third kappa shape index (κ3) is 8.01. The van der Waals surface area contributed by atoms with Gasteiger partial charge in [-0.05, 0) is 18.4 Å². The van der Waals surface area contributed by atoms with Gasteiger partial charge in [-0.15, -0.1) is 0 Å². The molecule has 1 aromatic rings. The van der Waals surface area contributed by atoms with Crippen molar-refractivity contribution in [3.05, 3.63) is 35.4 Å². The highest BCUT2D eigenvalue weighted by molar-refractivity contribution is 5.97. The maximum Gasteiger partial charge on any atom is 0.188 e. The molecule has 0 N–H and O–H groups in total. The van der Waals surface area contributed by atoms with Gasteiger partial charge in [0, 0.05) is 12.2 Å². The number of hydrogen-bond acceptors (Lipinski definition) is 2. The molecule has 1 aromatic carbocycles. The summed E-state index contributed by atoms with van der Waals surface area (Å²) in [6, 6.07) is 7.93. The predicted octanol–water partition coefficient (Wildman–Crippen LogP) is 5.20. The standard InChI is InChI=1S/C19H30O2/c1-3-5-6-7-8-9-15-21-16-19(20)18-13-11-17(10-4-2)12-14-18/h11-14H,3-10,15-16H2,1-2H3. The molecule has 0 atom stereocenters. The van der Waals surface area contributed by atoms with Crippen LogP contribution in [0.4, 0.5) is 0 Å². The molecule has 0 aliphatic rings. The molecule has 1 rings (SSSR count). The Balaban J connectivity index is 2.13. The fourth-order valence-electron chi connectivity index (χ4n) is 2.38. The minimum Gasteiger partial charge on any atom is -0.373 e. The lowest BCUT2D eigenvalue weighted by molar-refractivity contribution is 0.0752. The van der Waals surface area contributed by atoms with E-state index in [-0.39, 0.29) is 12.4 Å². The molecule has 0 radical (unpaired) electrons. The molecule has 0 amide bonds. The van der Waals surface area contributed by atoms with Crippen molar-refractivity contribution in [2.45, 2.75) is 65.2 Å². The van der Waals surface area contributed by atoms with Gasteiger partial charge in [-0.1, -0.05) is 76.6 Å². The molecule has 0 aliphatic carbocycles. The molecular formula is C19H30O2. The summed E-state index contributed by atoms with van der Waals surface area (Å²) in [6.07, 6.45) is 9.68. The van der Waals surface area contributed by atoms with Crippen molar-refractivity contribution >= 4 is 5.78 Å². The number of benzene rings is 1. The average molecular weight is 290 g/mol. The first kappa shape index (κ1) is 17.9. The summed E-state index contributed by atoms with van der Waals surface area (Å²) in [7, 11) is 0. The Kier molecular flexibility index (Phi) is 9.81. The first-order valence-corrected chi connectivity index (χ1v) is 8.47. The van der Waals surface area contributed by atoms with Gasteiger partial charge in [-0.25, -0.2) is 0 Å². The fraction of sp³-hybridized carbons (Fsp3) is 0.632. The summed E-state index contributed by atoms with van der Waals surface area (Å²) < 4.78 is 5.48. The van der Waals surface area contributed by atoms with Crippen LogP contribution in [0.25, 0.3) is 0 Å². The van der Waals surface area contributed by atoms with Crippen molar-refractivity contribution in [2.75, 3.05) is 13.2 Å². The van der Waals surface area contributed by atoms with Gasteiger partial charge in [0.1, 0.15) is 6.61 Å². The van der Waals surface area contributed by atoms with Gasteiger partial charge in [-0.2, -0.15) is 0 Å². The van der Waals surface area contributed by atoms with E-state index in [0.29, 0.717) is 6.61 Å². The number of carbonyl (C=O) groups excluding carboxylic acids is 1. The Hall–Kier alpha value is -1.15. The minimum atomic E-state index is 0.0871. The molecular weight excluding hydrogens is 260 g/mol. The number of rotatable bonds is 12. The van der Waals surface area contributed by atoms with E-state index in [2.05, 4.69) is 13.8 Å². The molecule has 21 heavy (non-hydrogen) atoms. The fourth-order valence-corrected chi connectivity index (χ4v) is 2.38. The Labute approximate surface area is 129 Å². The van der Waals surface area contributed by atoms with Crippen LogP contribution in [0.1, 0.15) is 74.7 Å². The molecule has 0 heterocycles. The van der Waals surface area contributed by atoms with Crippen LogP contribution in [-0.2, 0) is 11.2 Å². The van der Waals surface area contributed by atoms with Crippen molar-refractivity contribution in [2.24, 2.45) is 0 Å².